The molecule has 4 nitrogen and oxygen atoms in total. The van der Waals surface area contributed by atoms with E-state index in [1.54, 1.807) is 24.3 Å². The van der Waals surface area contributed by atoms with E-state index in [1.807, 2.05) is 4.90 Å². The summed E-state index contributed by atoms with van der Waals surface area (Å²) in [5, 5.41) is -0.244. The minimum Gasteiger partial charge on any atom is -0.338 e. The van der Waals surface area contributed by atoms with Crippen molar-refractivity contribution in [3.05, 3.63) is 29.8 Å². The lowest BCUT2D eigenvalue weighted by molar-refractivity contribution is 0.0683. The van der Waals surface area contributed by atoms with Gasteiger partial charge < -0.3 is 4.90 Å². The molecule has 1 aromatic carbocycles. The number of nitrogens with zero attached hydrogens (tertiary/aromatic N) is 1. The van der Waals surface area contributed by atoms with E-state index in [4.69, 9.17) is 0 Å². The van der Waals surface area contributed by atoms with Crippen molar-refractivity contribution in [2.75, 3.05) is 13.1 Å². The first-order valence-electron chi connectivity index (χ1n) is 8.62. The Morgan fingerprint density at radius 1 is 1.04 bits per heavy atom. The first-order valence-corrected chi connectivity index (χ1v) is 10.2. The number of rotatable bonds is 3. The van der Waals surface area contributed by atoms with Crippen LogP contribution in [0.25, 0.3) is 0 Å². The van der Waals surface area contributed by atoms with Crippen molar-refractivity contribution in [3.63, 3.8) is 0 Å². The van der Waals surface area contributed by atoms with Gasteiger partial charge in [-0.2, -0.15) is 0 Å². The zero-order chi connectivity index (χ0) is 16.4. The van der Waals surface area contributed by atoms with Gasteiger partial charge in [0.1, 0.15) is 0 Å². The smallest absolute Gasteiger partial charge is 0.253 e. The third-order valence-electron chi connectivity index (χ3n) is 5.12. The van der Waals surface area contributed by atoms with E-state index in [-0.39, 0.29) is 11.2 Å². The molecule has 2 aliphatic rings. The molecule has 0 bridgehead atoms. The lowest BCUT2D eigenvalue weighted by Crippen LogP contribution is -2.39. The molecule has 0 radical (unpaired) electrons. The second-order valence-electron chi connectivity index (χ2n) is 6.97. The van der Waals surface area contributed by atoms with Crippen LogP contribution in [0.1, 0.15) is 55.8 Å². The van der Waals surface area contributed by atoms with Gasteiger partial charge in [0.15, 0.2) is 9.84 Å². The summed E-state index contributed by atoms with van der Waals surface area (Å²) in [6.45, 7) is 3.75. The second-order valence-corrected chi connectivity index (χ2v) is 9.20. The highest BCUT2D eigenvalue weighted by Crippen LogP contribution is 2.29. The maximum atomic E-state index is 12.6. The van der Waals surface area contributed by atoms with E-state index < -0.39 is 9.84 Å². The minimum atomic E-state index is -3.24. The van der Waals surface area contributed by atoms with Crippen LogP contribution in [-0.2, 0) is 9.84 Å². The molecular weight excluding hydrogens is 310 g/mol. The minimum absolute atomic E-state index is 0.0152. The van der Waals surface area contributed by atoms with E-state index in [2.05, 4.69) is 6.92 Å². The average molecular weight is 335 g/mol. The monoisotopic (exact) mass is 335 g/mol. The van der Waals surface area contributed by atoms with E-state index >= 15 is 0 Å². The Balaban J connectivity index is 1.75. The highest BCUT2D eigenvalue weighted by molar-refractivity contribution is 7.92. The number of carbonyl (C=O) groups is 1. The Hall–Kier alpha value is -1.36. The number of hydrogen-bond acceptors (Lipinski definition) is 3. The molecule has 2 fully saturated rings. The number of sulfone groups is 1. The molecule has 1 heterocycles. The van der Waals surface area contributed by atoms with Crippen molar-refractivity contribution in [1.82, 2.24) is 4.90 Å². The first-order chi connectivity index (χ1) is 11.0. The second kappa shape index (κ2) is 6.63. The predicted octanol–water partition coefficient (Wildman–Crippen LogP) is 3.28. The molecule has 1 aliphatic heterocycles. The first kappa shape index (κ1) is 16.5. The van der Waals surface area contributed by atoms with E-state index in [1.165, 1.54) is 6.42 Å². The molecule has 126 valence electrons. The van der Waals surface area contributed by atoms with Crippen LogP contribution in [0, 0.1) is 5.92 Å². The van der Waals surface area contributed by atoms with Crippen LogP contribution in [-0.4, -0.2) is 37.6 Å². The summed E-state index contributed by atoms with van der Waals surface area (Å²) in [5.41, 5.74) is 0.587. The molecule has 1 aliphatic carbocycles. The van der Waals surface area contributed by atoms with E-state index in [9.17, 15) is 13.2 Å². The van der Waals surface area contributed by atoms with Crippen LogP contribution in [0.4, 0.5) is 0 Å². The summed E-state index contributed by atoms with van der Waals surface area (Å²) in [6, 6.07) is 6.55. The van der Waals surface area contributed by atoms with Crippen LogP contribution in [0.15, 0.2) is 29.2 Å². The van der Waals surface area contributed by atoms with Gasteiger partial charge in [0.05, 0.1) is 10.1 Å². The van der Waals surface area contributed by atoms with Crippen molar-refractivity contribution in [2.24, 2.45) is 5.92 Å². The molecule has 0 N–H and O–H groups in total. The van der Waals surface area contributed by atoms with Crippen LogP contribution in [0.3, 0.4) is 0 Å². The van der Waals surface area contributed by atoms with Crippen LogP contribution >= 0.6 is 0 Å². The fourth-order valence-corrected chi connectivity index (χ4v) is 5.59. The Morgan fingerprint density at radius 2 is 1.70 bits per heavy atom. The molecular formula is C18H25NO3S. The van der Waals surface area contributed by atoms with Gasteiger partial charge in [-0.25, -0.2) is 8.42 Å². The normalized spacial score (nSPS) is 23.2. The maximum absolute atomic E-state index is 12.6. The van der Waals surface area contributed by atoms with Gasteiger partial charge in [-0.05, 0) is 55.9 Å². The molecule has 0 spiro atoms. The summed E-state index contributed by atoms with van der Waals surface area (Å²) in [6.07, 6.45) is 5.72. The third kappa shape index (κ3) is 3.44. The van der Waals surface area contributed by atoms with E-state index in [0.29, 0.717) is 16.4 Å². The Bertz CT molecular complexity index is 660. The Kier molecular flexibility index (Phi) is 4.76. The fourth-order valence-electron chi connectivity index (χ4n) is 3.73. The Labute approximate surface area is 138 Å². The number of amides is 1. The van der Waals surface area contributed by atoms with Crippen molar-refractivity contribution in [2.45, 2.75) is 55.6 Å². The van der Waals surface area contributed by atoms with Gasteiger partial charge in [-0.3, -0.25) is 4.79 Å². The van der Waals surface area contributed by atoms with Crippen LogP contribution in [0.2, 0.25) is 0 Å². The van der Waals surface area contributed by atoms with Crippen LogP contribution in [0.5, 0.6) is 0 Å². The zero-order valence-electron chi connectivity index (χ0n) is 13.7. The number of likely N-dealkylation sites (tertiary alicyclic amines) is 1. The highest BCUT2D eigenvalue weighted by Gasteiger charge is 2.30. The zero-order valence-corrected chi connectivity index (χ0v) is 14.5. The SMILES string of the molecule is CC1CCCN(C(=O)c2ccc(S(=O)(=O)C3CCCC3)cc2)C1. The quantitative estimate of drug-likeness (QED) is 0.852. The van der Waals surface area contributed by atoms with Crippen molar-refractivity contribution < 1.29 is 13.2 Å². The molecule has 0 aromatic heterocycles. The van der Waals surface area contributed by atoms with Crippen molar-refractivity contribution in [1.29, 1.82) is 0 Å². The number of hydrogen-bond donors (Lipinski definition) is 0. The average Bonchev–Trinajstić information content (AvgIpc) is 3.09. The van der Waals surface area contributed by atoms with Gasteiger partial charge in [-0.1, -0.05) is 19.8 Å². The molecule has 23 heavy (non-hydrogen) atoms. The molecule has 1 saturated carbocycles. The molecule has 5 heteroatoms. The summed E-state index contributed by atoms with van der Waals surface area (Å²) in [4.78, 5) is 14.8. The lowest BCUT2D eigenvalue weighted by Gasteiger charge is -2.31. The molecule has 1 unspecified atom stereocenters. The van der Waals surface area contributed by atoms with Crippen molar-refractivity contribution in [3.8, 4) is 0 Å². The lowest BCUT2D eigenvalue weighted by atomic mass is 9.99. The number of carbonyl (C=O) groups excluding carboxylic acids is 1. The Morgan fingerprint density at radius 3 is 2.30 bits per heavy atom. The van der Waals surface area contributed by atoms with Gasteiger partial charge in [-0.15, -0.1) is 0 Å². The summed E-state index contributed by atoms with van der Waals surface area (Å²) in [7, 11) is -3.24. The van der Waals surface area contributed by atoms with Gasteiger partial charge in [0.25, 0.3) is 5.91 Å². The molecule has 3 rings (SSSR count). The van der Waals surface area contributed by atoms with Crippen molar-refractivity contribution >= 4 is 15.7 Å². The number of piperidine rings is 1. The standard InChI is InChI=1S/C18H25NO3S/c1-14-5-4-12-19(13-14)18(20)15-8-10-17(11-9-15)23(21,22)16-6-2-3-7-16/h8-11,14,16H,2-7,12-13H2,1H3. The summed E-state index contributed by atoms with van der Waals surface area (Å²) >= 11 is 0. The summed E-state index contributed by atoms with van der Waals surface area (Å²) < 4.78 is 25.1. The summed E-state index contributed by atoms with van der Waals surface area (Å²) in [5.74, 6) is 0.552. The molecule has 1 aromatic rings. The third-order valence-corrected chi connectivity index (χ3v) is 7.39. The van der Waals surface area contributed by atoms with Gasteiger partial charge in [0, 0.05) is 18.7 Å². The molecule has 1 atom stereocenters. The van der Waals surface area contributed by atoms with Gasteiger partial charge >= 0.3 is 0 Å². The van der Waals surface area contributed by atoms with Gasteiger partial charge in [0.2, 0.25) is 0 Å². The number of benzene rings is 1. The highest BCUT2D eigenvalue weighted by atomic mass is 32.2. The molecule has 1 saturated heterocycles. The fraction of sp³-hybridized carbons (Fsp3) is 0.611. The predicted molar refractivity (Wildman–Crippen MR) is 90.2 cm³/mol. The van der Waals surface area contributed by atoms with E-state index in [0.717, 1.165) is 45.2 Å². The maximum Gasteiger partial charge on any atom is 0.253 e. The molecule has 1 amide bonds. The topological polar surface area (TPSA) is 54.5 Å². The largest absolute Gasteiger partial charge is 0.338 e. The van der Waals surface area contributed by atoms with Crippen LogP contribution < -0.4 is 0 Å².